The fraction of sp³-hybridized carbons (Fsp3) is 0.375. The monoisotopic (exact) mass is 355 g/mol. The Morgan fingerprint density at radius 2 is 2.05 bits per heavy atom. The first kappa shape index (κ1) is 15.7. The van der Waals surface area contributed by atoms with Crippen molar-refractivity contribution in [3.05, 3.63) is 55.9 Å². The van der Waals surface area contributed by atoms with Crippen LogP contribution in [0.3, 0.4) is 0 Å². The zero-order valence-electron chi connectivity index (χ0n) is 11.7. The molecule has 2 aromatic rings. The minimum atomic E-state index is -0.196. The van der Waals surface area contributed by atoms with Crippen molar-refractivity contribution < 1.29 is 4.39 Å². The van der Waals surface area contributed by atoms with E-state index in [0.29, 0.717) is 4.47 Å². The molecule has 1 heterocycles. The molecule has 1 aromatic carbocycles. The van der Waals surface area contributed by atoms with Gasteiger partial charge in [-0.15, -0.1) is 11.3 Å². The van der Waals surface area contributed by atoms with E-state index >= 15 is 0 Å². The molecular formula is C16H19BrFNS. The van der Waals surface area contributed by atoms with E-state index < -0.39 is 0 Å². The van der Waals surface area contributed by atoms with Crippen molar-refractivity contribution >= 4 is 27.3 Å². The number of hydrogen-bond donors (Lipinski definition) is 1. The van der Waals surface area contributed by atoms with Gasteiger partial charge in [0, 0.05) is 15.8 Å². The van der Waals surface area contributed by atoms with Crippen LogP contribution >= 0.6 is 27.3 Å². The molecule has 0 radical (unpaired) electrons. The summed E-state index contributed by atoms with van der Waals surface area (Å²) in [6.45, 7) is 5.17. The predicted molar refractivity (Wildman–Crippen MR) is 87.9 cm³/mol. The lowest BCUT2D eigenvalue weighted by Gasteiger charge is -2.17. The average Bonchev–Trinajstić information content (AvgIpc) is 2.92. The van der Waals surface area contributed by atoms with Crippen LogP contribution in [0.5, 0.6) is 0 Å². The molecule has 0 amide bonds. The first-order valence-electron chi connectivity index (χ1n) is 6.90. The van der Waals surface area contributed by atoms with Gasteiger partial charge in [-0.3, -0.25) is 0 Å². The Bertz CT molecular complexity index is 567. The maximum atomic E-state index is 13.6. The number of thiophene rings is 1. The SMILES string of the molecule is CCNC(Cc1cccc(F)c1Br)c1ccc(CC)s1. The minimum absolute atomic E-state index is 0.196. The van der Waals surface area contributed by atoms with E-state index in [1.165, 1.54) is 15.8 Å². The predicted octanol–water partition coefficient (Wildman–Crippen LogP) is 5.11. The number of hydrogen-bond acceptors (Lipinski definition) is 2. The van der Waals surface area contributed by atoms with Gasteiger partial charge in [0.25, 0.3) is 0 Å². The number of aryl methyl sites for hydroxylation is 1. The lowest BCUT2D eigenvalue weighted by molar-refractivity contribution is 0.552. The summed E-state index contributed by atoms with van der Waals surface area (Å²) in [6.07, 6.45) is 1.85. The van der Waals surface area contributed by atoms with Crippen LogP contribution in [0.2, 0.25) is 0 Å². The van der Waals surface area contributed by atoms with Crippen molar-refractivity contribution in [1.82, 2.24) is 5.32 Å². The van der Waals surface area contributed by atoms with Crippen molar-refractivity contribution in [2.45, 2.75) is 32.7 Å². The molecule has 0 aliphatic rings. The summed E-state index contributed by atoms with van der Waals surface area (Å²) < 4.78 is 14.2. The van der Waals surface area contributed by atoms with Gasteiger partial charge in [-0.2, -0.15) is 0 Å². The Hall–Kier alpha value is -0.710. The summed E-state index contributed by atoms with van der Waals surface area (Å²) in [5.74, 6) is -0.196. The molecule has 0 spiro atoms. The molecule has 0 saturated heterocycles. The van der Waals surface area contributed by atoms with Crippen molar-refractivity contribution in [3.8, 4) is 0 Å². The standard InChI is InChI=1S/C16H19BrFNS/c1-3-12-8-9-15(20-12)14(19-4-2)10-11-6-5-7-13(18)16(11)17/h5-9,14,19H,3-4,10H2,1-2H3. The second-order valence-electron chi connectivity index (χ2n) is 4.68. The Morgan fingerprint density at radius 3 is 2.70 bits per heavy atom. The molecule has 0 saturated carbocycles. The summed E-state index contributed by atoms with van der Waals surface area (Å²) in [5.41, 5.74) is 1.00. The molecule has 1 unspecified atom stereocenters. The third-order valence-corrected chi connectivity index (χ3v) is 5.51. The topological polar surface area (TPSA) is 12.0 Å². The highest BCUT2D eigenvalue weighted by atomic mass is 79.9. The van der Waals surface area contributed by atoms with Crippen LogP contribution in [0, 0.1) is 5.82 Å². The normalized spacial score (nSPS) is 12.6. The van der Waals surface area contributed by atoms with Gasteiger partial charge < -0.3 is 5.32 Å². The van der Waals surface area contributed by atoms with E-state index in [1.54, 1.807) is 6.07 Å². The fourth-order valence-electron chi connectivity index (χ4n) is 2.22. The molecule has 4 heteroatoms. The highest BCUT2D eigenvalue weighted by Crippen LogP contribution is 2.29. The van der Waals surface area contributed by atoms with Crippen LogP contribution in [0.15, 0.2) is 34.8 Å². The highest BCUT2D eigenvalue weighted by molar-refractivity contribution is 9.10. The van der Waals surface area contributed by atoms with Crippen LogP contribution in [-0.4, -0.2) is 6.54 Å². The second-order valence-corrected chi connectivity index (χ2v) is 6.68. The van der Waals surface area contributed by atoms with Gasteiger partial charge in [-0.1, -0.05) is 26.0 Å². The molecule has 0 aliphatic carbocycles. The Kier molecular flexibility index (Phi) is 5.75. The molecule has 20 heavy (non-hydrogen) atoms. The molecule has 1 atom stereocenters. The number of likely N-dealkylation sites (N-methyl/N-ethyl adjacent to an activating group) is 1. The van der Waals surface area contributed by atoms with Crippen LogP contribution < -0.4 is 5.32 Å². The number of benzene rings is 1. The van der Waals surface area contributed by atoms with E-state index in [-0.39, 0.29) is 11.9 Å². The van der Waals surface area contributed by atoms with Gasteiger partial charge >= 0.3 is 0 Å². The van der Waals surface area contributed by atoms with Gasteiger partial charge in [0.2, 0.25) is 0 Å². The maximum absolute atomic E-state index is 13.6. The van der Waals surface area contributed by atoms with Gasteiger partial charge in [-0.05, 0) is 59.1 Å². The van der Waals surface area contributed by atoms with Gasteiger partial charge in [-0.25, -0.2) is 4.39 Å². The number of rotatable bonds is 6. The largest absolute Gasteiger partial charge is 0.309 e. The molecule has 0 fully saturated rings. The van der Waals surface area contributed by atoms with E-state index in [9.17, 15) is 4.39 Å². The van der Waals surface area contributed by atoms with Crippen LogP contribution in [-0.2, 0) is 12.8 Å². The van der Waals surface area contributed by atoms with Crippen molar-refractivity contribution in [1.29, 1.82) is 0 Å². The maximum Gasteiger partial charge on any atom is 0.137 e. The summed E-state index contributed by atoms with van der Waals surface area (Å²) in [4.78, 5) is 2.71. The lowest BCUT2D eigenvalue weighted by Crippen LogP contribution is -2.22. The van der Waals surface area contributed by atoms with Gasteiger partial charge in [0.1, 0.15) is 5.82 Å². The smallest absolute Gasteiger partial charge is 0.137 e. The third kappa shape index (κ3) is 3.68. The summed E-state index contributed by atoms with van der Waals surface area (Å²) >= 11 is 5.19. The highest BCUT2D eigenvalue weighted by Gasteiger charge is 2.16. The van der Waals surface area contributed by atoms with E-state index in [2.05, 4.69) is 47.2 Å². The van der Waals surface area contributed by atoms with E-state index in [1.807, 2.05) is 17.4 Å². The molecule has 1 nitrogen and oxygen atoms in total. The molecule has 0 bridgehead atoms. The zero-order valence-corrected chi connectivity index (χ0v) is 14.2. The van der Waals surface area contributed by atoms with Gasteiger partial charge in [0.15, 0.2) is 0 Å². The fourth-order valence-corrected chi connectivity index (χ4v) is 3.67. The molecular weight excluding hydrogens is 337 g/mol. The molecule has 2 rings (SSSR count). The quantitative estimate of drug-likeness (QED) is 0.759. The lowest BCUT2D eigenvalue weighted by atomic mass is 10.0. The van der Waals surface area contributed by atoms with E-state index in [0.717, 1.165) is 24.9 Å². The van der Waals surface area contributed by atoms with Crippen LogP contribution in [0.1, 0.15) is 35.2 Å². The minimum Gasteiger partial charge on any atom is -0.309 e. The Labute approximate surface area is 132 Å². The average molecular weight is 356 g/mol. The summed E-state index contributed by atoms with van der Waals surface area (Å²) in [7, 11) is 0. The van der Waals surface area contributed by atoms with E-state index in [4.69, 9.17) is 0 Å². The second kappa shape index (κ2) is 7.34. The van der Waals surface area contributed by atoms with Crippen molar-refractivity contribution in [3.63, 3.8) is 0 Å². The zero-order chi connectivity index (χ0) is 14.5. The third-order valence-electron chi connectivity index (χ3n) is 3.28. The van der Waals surface area contributed by atoms with Crippen LogP contribution in [0.4, 0.5) is 4.39 Å². The molecule has 0 aliphatic heterocycles. The first-order chi connectivity index (χ1) is 9.65. The van der Waals surface area contributed by atoms with Crippen molar-refractivity contribution in [2.75, 3.05) is 6.54 Å². The Morgan fingerprint density at radius 1 is 1.25 bits per heavy atom. The summed E-state index contributed by atoms with van der Waals surface area (Å²) in [5, 5.41) is 3.50. The summed E-state index contributed by atoms with van der Waals surface area (Å²) in [6, 6.07) is 9.84. The van der Waals surface area contributed by atoms with Crippen molar-refractivity contribution in [2.24, 2.45) is 0 Å². The Balaban J connectivity index is 2.23. The van der Waals surface area contributed by atoms with Gasteiger partial charge in [0.05, 0.1) is 4.47 Å². The first-order valence-corrected chi connectivity index (χ1v) is 8.51. The number of nitrogens with one attached hydrogen (secondary N) is 1. The molecule has 1 aromatic heterocycles. The molecule has 1 N–H and O–H groups in total. The number of halogens is 2. The van der Waals surface area contributed by atoms with Crippen LogP contribution in [0.25, 0.3) is 0 Å². The molecule has 108 valence electrons.